The van der Waals surface area contributed by atoms with Gasteiger partial charge in [-0.25, -0.2) is 8.42 Å². The summed E-state index contributed by atoms with van der Waals surface area (Å²) in [6, 6.07) is 5.31. The fraction of sp³-hybridized carbons (Fsp3) is 0.667. The minimum Gasteiger partial charge on any atom is -0.495 e. The number of nitrogens with zero attached hydrogens (tertiary/aromatic N) is 1. The van der Waals surface area contributed by atoms with Gasteiger partial charge < -0.3 is 14.8 Å². The zero-order chi connectivity index (χ0) is 21.4. The lowest BCUT2D eigenvalue weighted by molar-refractivity contribution is -0.126. The van der Waals surface area contributed by atoms with E-state index in [1.54, 1.807) is 12.1 Å². The Morgan fingerprint density at radius 3 is 2.55 bits per heavy atom. The van der Waals surface area contributed by atoms with Crippen LogP contribution in [0.15, 0.2) is 23.1 Å². The Balaban J connectivity index is 1.99. The number of ether oxygens (including phenoxy) is 2. The number of sulfonamides is 1. The van der Waals surface area contributed by atoms with Gasteiger partial charge in [-0.2, -0.15) is 4.31 Å². The molecule has 1 aromatic carbocycles. The maximum absolute atomic E-state index is 13.2. The molecule has 2 rings (SSSR count). The molecule has 0 aromatic heterocycles. The van der Waals surface area contributed by atoms with Crippen LogP contribution >= 0.6 is 0 Å². The second kappa shape index (κ2) is 10.9. The zero-order valence-electron chi connectivity index (χ0n) is 17.9. The lowest BCUT2D eigenvalue weighted by Gasteiger charge is -2.31. The highest BCUT2D eigenvalue weighted by Gasteiger charge is 2.33. The van der Waals surface area contributed by atoms with Crippen molar-refractivity contribution in [1.82, 2.24) is 9.62 Å². The number of hydrogen-bond acceptors (Lipinski definition) is 5. The zero-order valence-corrected chi connectivity index (χ0v) is 18.8. The topological polar surface area (TPSA) is 84.9 Å². The summed E-state index contributed by atoms with van der Waals surface area (Å²) in [5, 5.41) is 2.93. The molecule has 7 nitrogen and oxygen atoms in total. The van der Waals surface area contributed by atoms with E-state index in [-0.39, 0.29) is 22.6 Å². The summed E-state index contributed by atoms with van der Waals surface area (Å²) in [6.07, 6.45) is 1.81. The van der Waals surface area contributed by atoms with Crippen LogP contribution in [0, 0.1) is 5.92 Å². The summed E-state index contributed by atoms with van der Waals surface area (Å²) in [7, 11) is -2.20. The van der Waals surface area contributed by atoms with E-state index in [4.69, 9.17) is 9.47 Å². The molecule has 1 aliphatic rings. The Kier molecular flexibility index (Phi) is 8.92. The van der Waals surface area contributed by atoms with Gasteiger partial charge >= 0.3 is 0 Å². The number of benzene rings is 1. The van der Waals surface area contributed by atoms with Crippen molar-refractivity contribution in [3.05, 3.63) is 23.8 Å². The largest absolute Gasteiger partial charge is 0.495 e. The molecule has 0 atom stereocenters. The molecule has 1 aromatic rings. The van der Waals surface area contributed by atoms with E-state index in [0.29, 0.717) is 51.4 Å². The van der Waals surface area contributed by atoms with Crippen molar-refractivity contribution in [3.63, 3.8) is 0 Å². The summed E-state index contributed by atoms with van der Waals surface area (Å²) in [4.78, 5) is 12.5. The minimum atomic E-state index is -3.68. The van der Waals surface area contributed by atoms with Crippen molar-refractivity contribution >= 4 is 15.9 Å². The van der Waals surface area contributed by atoms with Crippen LogP contribution < -0.4 is 10.1 Å². The van der Waals surface area contributed by atoms with E-state index in [1.807, 2.05) is 26.8 Å². The van der Waals surface area contributed by atoms with Crippen LogP contribution in [0.5, 0.6) is 5.75 Å². The lowest BCUT2D eigenvalue weighted by Crippen LogP contribution is -2.43. The highest BCUT2D eigenvalue weighted by molar-refractivity contribution is 7.89. The predicted octanol–water partition coefficient (Wildman–Crippen LogP) is 2.76. The molecule has 0 spiro atoms. The SMILES string of the molecule is CCOCCCNC(=O)C1CCN(S(=O)(=O)c2cc(C(C)C)ccc2OC)CC1. The molecular formula is C21H34N2O5S. The van der Waals surface area contributed by atoms with Gasteiger partial charge in [-0.05, 0) is 49.8 Å². The van der Waals surface area contributed by atoms with Crippen molar-refractivity contribution in [3.8, 4) is 5.75 Å². The van der Waals surface area contributed by atoms with Gasteiger partial charge in [-0.15, -0.1) is 0 Å². The van der Waals surface area contributed by atoms with E-state index in [2.05, 4.69) is 5.32 Å². The van der Waals surface area contributed by atoms with Crippen LogP contribution in [-0.4, -0.2) is 58.6 Å². The molecule has 0 unspecified atom stereocenters. The van der Waals surface area contributed by atoms with Crippen molar-refractivity contribution in [2.24, 2.45) is 5.92 Å². The number of nitrogens with one attached hydrogen (secondary N) is 1. The Hall–Kier alpha value is -1.64. The van der Waals surface area contributed by atoms with Crippen LogP contribution in [0.2, 0.25) is 0 Å². The quantitative estimate of drug-likeness (QED) is 0.582. The predicted molar refractivity (Wildman–Crippen MR) is 113 cm³/mol. The average Bonchev–Trinajstić information content (AvgIpc) is 2.73. The molecule has 1 fully saturated rings. The van der Waals surface area contributed by atoms with Gasteiger partial charge in [0.2, 0.25) is 15.9 Å². The Morgan fingerprint density at radius 1 is 1.28 bits per heavy atom. The van der Waals surface area contributed by atoms with Crippen molar-refractivity contribution in [2.75, 3.05) is 40.0 Å². The van der Waals surface area contributed by atoms with Gasteiger partial charge in [-0.1, -0.05) is 19.9 Å². The van der Waals surface area contributed by atoms with Crippen molar-refractivity contribution in [2.45, 2.75) is 50.8 Å². The molecule has 0 saturated carbocycles. The summed E-state index contributed by atoms with van der Waals surface area (Å²) in [6.45, 7) is 8.53. The highest BCUT2D eigenvalue weighted by atomic mass is 32.2. The number of rotatable bonds is 10. The number of piperidine rings is 1. The average molecular weight is 427 g/mol. The molecule has 1 N–H and O–H groups in total. The van der Waals surface area contributed by atoms with Crippen LogP contribution in [-0.2, 0) is 19.6 Å². The maximum atomic E-state index is 13.2. The molecule has 1 amide bonds. The van der Waals surface area contributed by atoms with Crippen molar-refractivity contribution in [1.29, 1.82) is 0 Å². The molecular weight excluding hydrogens is 392 g/mol. The van der Waals surface area contributed by atoms with Gasteiger partial charge in [0.25, 0.3) is 0 Å². The smallest absolute Gasteiger partial charge is 0.246 e. The van der Waals surface area contributed by atoms with E-state index < -0.39 is 10.0 Å². The number of methoxy groups -OCH3 is 1. The summed E-state index contributed by atoms with van der Waals surface area (Å²) in [5.41, 5.74) is 0.950. The molecule has 1 aliphatic heterocycles. The van der Waals surface area contributed by atoms with Crippen LogP contribution in [0.4, 0.5) is 0 Å². The van der Waals surface area contributed by atoms with Gasteiger partial charge in [0, 0.05) is 38.8 Å². The minimum absolute atomic E-state index is 0.00191. The molecule has 1 heterocycles. The molecule has 29 heavy (non-hydrogen) atoms. The van der Waals surface area contributed by atoms with Crippen LogP contribution in [0.3, 0.4) is 0 Å². The van der Waals surface area contributed by atoms with Gasteiger partial charge in [0.1, 0.15) is 10.6 Å². The van der Waals surface area contributed by atoms with Gasteiger partial charge in [0.15, 0.2) is 0 Å². The van der Waals surface area contributed by atoms with E-state index >= 15 is 0 Å². The number of carbonyl (C=O) groups excluding carboxylic acids is 1. The standard InChI is InChI=1S/C21H34N2O5S/c1-5-28-14-6-11-22-21(24)17-9-12-23(13-10-17)29(25,26)20-15-18(16(2)3)7-8-19(20)27-4/h7-8,15-17H,5-6,9-14H2,1-4H3,(H,22,24). The van der Waals surface area contributed by atoms with Crippen LogP contribution in [0.25, 0.3) is 0 Å². The monoisotopic (exact) mass is 426 g/mol. The van der Waals surface area contributed by atoms with Crippen molar-refractivity contribution < 1.29 is 22.7 Å². The summed E-state index contributed by atoms with van der Waals surface area (Å²) >= 11 is 0. The third-order valence-electron chi connectivity index (χ3n) is 5.27. The normalized spacial score (nSPS) is 16.2. The van der Waals surface area contributed by atoms with E-state index in [0.717, 1.165) is 12.0 Å². The first-order chi connectivity index (χ1) is 13.8. The maximum Gasteiger partial charge on any atom is 0.246 e. The first kappa shape index (κ1) is 23.6. The van der Waals surface area contributed by atoms with E-state index in [1.165, 1.54) is 11.4 Å². The second-order valence-corrected chi connectivity index (χ2v) is 9.49. The molecule has 164 valence electrons. The number of hydrogen-bond donors (Lipinski definition) is 1. The fourth-order valence-corrected chi connectivity index (χ4v) is 5.09. The Bertz CT molecular complexity index is 771. The fourth-order valence-electron chi connectivity index (χ4n) is 3.43. The number of amides is 1. The third kappa shape index (κ3) is 6.17. The van der Waals surface area contributed by atoms with E-state index in [9.17, 15) is 13.2 Å². The van der Waals surface area contributed by atoms with Gasteiger partial charge in [-0.3, -0.25) is 4.79 Å². The molecule has 0 aliphatic carbocycles. The Labute approximate surface area is 174 Å². The first-order valence-corrected chi connectivity index (χ1v) is 11.8. The summed E-state index contributed by atoms with van der Waals surface area (Å²) in [5.74, 6) is 0.408. The molecule has 0 bridgehead atoms. The molecule has 1 saturated heterocycles. The second-order valence-electron chi connectivity index (χ2n) is 7.58. The number of carbonyl (C=O) groups is 1. The van der Waals surface area contributed by atoms with Gasteiger partial charge in [0.05, 0.1) is 7.11 Å². The first-order valence-electron chi connectivity index (χ1n) is 10.3. The third-order valence-corrected chi connectivity index (χ3v) is 7.19. The molecule has 8 heteroatoms. The van der Waals surface area contributed by atoms with Crippen LogP contribution in [0.1, 0.15) is 51.5 Å². The lowest BCUT2D eigenvalue weighted by atomic mass is 9.97. The molecule has 0 radical (unpaired) electrons. The highest BCUT2D eigenvalue weighted by Crippen LogP contribution is 2.32. The summed E-state index contributed by atoms with van der Waals surface area (Å²) < 4.78 is 38.5. The Morgan fingerprint density at radius 2 is 1.97 bits per heavy atom.